The van der Waals surface area contributed by atoms with Gasteiger partial charge in [0.25, 0.3) is 0 Å². The van der Waals surface area contributed by atoms with Crippen molar-refractivity contribution in [1.29, 1.82) is 0 Å². The van der Waals surface area contributed by atoms with Gasteiger partial charge in [-0.1, -0.05) is 25.5 Å². The first-order chi connectivity index (χ1) is 5.70. The van der Waals surface area contributed by atoms with Gasteiger partial charge in [-0.15, -0.1) is 11.8 Å². The van der Waals surface area contributed by atoms with Crippen molar-refractivity contribution in [1.82, 2.24) is 0 Å². The van der Waals surface area contributed by atoms with Crippen LogP contribution >= 0.6 is 0 Å². The lowest BCUT2D eigenvalue weighted by molar-refractivity contribution is 0.663. The molecule has 1 atom stereocenters. The second-order valence-electron chi connectivity index (χ2n) is 3.25. The van der Waals surface area contributed by atoms with Crippen LogP contribution in [0, 0.1) is 17.8 Å². The van der Waals surface area contributed by atoms with E-state index in [0.29, 0.717) is 5.92 Å². The second-order valence-corrected chi connectivity index (χ2v) is 3.25. The number of rotatable bonds is 3. The lowest BCUT2D eigenvalue weighted by Gasteiger charge is -2.03. The maximum absolute atomic E-state index is 3.23. The minimum atomic E-state index is 0.555. The van der Waals surface area contributed by atoms with Crippen molar-refractivity contribution in [3.8, 4) is 11.8 Å². The Balaban J connectivity index is 3.64. The van der Waals surface area contributed by atoms with Crippen molar-refractivity contribution < 1.29 is 0 Å². The summed E-state index contributed by atoms with van der Waals surface area (Å²) in [4.78, 5) is 0. The van der Waals surface area contributed by atoms with E-state index >= 15 is 0 Å². The molecule has 0 aromatic rings. The number of allylic oxidation sites excluding steroid dienone is 2. The third kappa shape index (κ3) is 6.04. The molecule has 0 rings (SSSR count). The molecule has 1 unspecified atom stereocenters. The van der Waals surface area contributed by atoms with Gasteiger partial charge in [-0.3, -0.25) is 0 Å². The van der Waals surface area contributed by atoms with Crippen LogP contribution in [-0.2, 0) is 0 Å². The van der Waals surface area contributed by atoms with Gasteiger partial charge in [-0.25, -0.2) is 0 Å². The third-order valence-corrected chi connectivity index (χ3v) is 1.99. The molecule has 0 aliphatic heterocycles. The largest absolute Gasteiger partial charge is 0.103 e. The van der Waals surface area contributed by atoms with E-state index in [1.807, 2.05) is 0 Å². The predicted octanol–water partition coefficient (Wildman–Crippen LogP) is 3.78. The highest BCUT2D eigenvalue weighted by molar-refractivity contribution is 5.03. The lowest BCUT2D eigenvalue weighted by atomic mass is 10.0. The van der Waals surface area contributed by atoms with Crippen molar-refractivity contribution in [2.24, 2.45) is 5.92 Å². The zero-order chi connectivity index (χ0) is 9.40. The summed E-state index contributed by atoms with van der Waals surface area (Å²) in [6.07, 6.45) is 5.55. The van der Waals surface area contributed by atoms with Gasteiger partial charge in [-0.2, -0.15) is 0 Å². The SMILES string of the molecule is CC=C(C)CCC(C)C#CCC. The first kappa shape index (κ1) is 11.3. The van der Waals surface area contributed by atoms with Crippen LogP contribution < -0.4 is 0 Å². The molecule has 0 amide bonds. The normalized spacial score (nSPS) is 13.5. The molecule has 0 saturated heterocycles. The highest BCUT2D eigenvalue weighted by Crippen LogP contribution is 2.10. The summed E-state index contributed by atoms with van der Waals surface area (Å²) in [6, 6.07) is 0. The van der Waals surface area contributed by atoms with Gasteiger partial charge in [0.2, 0.25) is 0 Å². The molecule has 0 aliphatic rings. The van der Waals surface area contributed by atoms with E-state index in [4.69, 9.17) is 0 Å². The van der Waals surface area contributed by atoms with Crippen LogP contribution in [0.3, 0.4) is 0 Å². The van der Waals surface area contributed by atoms with Crippen LogP contribution in [0.2, 0.25) is 0 Å². The molecule has 0 radical (unpaired) electrons. The Morgan fingerprint density at radius 3 is 2.67 bits per heavy atom. The zero-order valence-corrected chi connectivity index (χ0v) is 8.78. The summed E-state index contributed by atoms with van der Waals surface area (Å²) >= 11 is 0. The molecule has 68 valence electrons. The Labute approximate surface area is 77.1 Å². The fraction of sp³-hybridized carbons (Fsp3) is 0.667. The topological polar surface area (TPSA) is 0 Å². The van der Waals surface area contributed by atoms with Crippen molar-refractivity contribution in [3.63, 3.8) is 0 Å². The minimum Gasteiger partial charge on any atom is -0.103 e. The van der Waals surface area contributed by atoms with E-state index in [9.17, 15) is 0 Å². The summed E-state index contributed by atoms with van der Waals surface area (Å²) in [5.41, 5.74) is 1.47. The monoisotopic (exact) mass is 164 g/mol. The Morgan fingerprint density at radius 2 is 2.17 bits per heavy atom. The molecule has 0 heterocycles. The summed E-state index contributed by atoms with van der Waals surface area (Å²) in [6.45, 7) is 8.57. The van der Waals surface area contributed by atoms with Crippen molar-refractivity contribution in [3.05, 3.63) is 11.6 Å². The van der Waals surface area contributed by atoms with Crippen molar-refractivity contribution in [2.45, 2.75) is 47.0 Å². The van der Waals surface area contributed by atoms with Gasteiger partial charge in [-0.05, 0) is 26.7 Å². The highest BCUT2D eigenvalue weighted by Gasteiger charge is 1.96. The summed E-state index contributed by atoms with van der Waals surface area (Å²) in [5, 5.41) is 0. The van der Waals surface area contributed by atoms with Gasteiger partial charge in [0.05, 0.1) is 0 Å². The summed E-state index contributed by atoms with van der Waals surface area (Å²) in [7, 11) is 0. The molecule has 0 aromatic carbocycles. The summed E-state index contributed by atoms with van der Waals surface area (Å²) in [5.74, 6) is 6.91. The van der Waals surface area contributed by atoms with E-state index in [-0.39, 0.29) is 0 Å². The zero-order valence-electron chi connectivity index (χ0n) is 8.78. The second kappa shape index (κ2) is 6.98. The highest BCUT2D eigenvalue weighted by atomic mass is 14.0. The molecule has 12 heavy (non-hydrogen) atoms. The number of hydrogen-bond acceptors (Lipinski definition) is 0. The molecule has 0 spiro atoms. The number of hydrogen-bond donors (Lipinski definition) is 0. The first-order valence-corrected chi connectivity index (χ1v) is 4.80. The molecule has 0 saturated carbocycles. The Kier molecular flexibility index (Phi) is 6.57. The van der Waals surface area contributed by atoms with Gasteiger partial charge >= 0.3 is 0 Å². The van der Waals surface area contributed by atoms with Crippen LogP contribution in [0.5, 0.6) is 0 Å². The fourth-order valence-corrected chi connectivity index (χ4v) is 0.937. The minimum absolute atomic E-state index is 0.555. The Morgan fingerprint density at radius 1 is 1.50 bits per heavy atom. The quantitative estimate of drug-likeness (QED) is 0.440. The molecule has 0 aromatic heterocycles. The fourth-order valence-electron chi connectivity index (χ4n) is 0.937. The van der Waals surface area contributed by atoms with Crippen LogP contribution in [-0.4, -0.2) is 0 Å². The van der Waals surface area contributed by atoms with Crippen LogP contribution in [0.25, 0.3) is 0 Å². The summed E-state index contributed by atoms with van der Waals surface area (Å²) < 4.78 is 0. The van der Waals surface area contributed by atoms with E-state index in [2.05, 4.69) is 45.6 Å². The molecule has 0 aliphatic carbocycles. The molecule has 0 bridgehead atoms. The molecular weight excluding hydrogens is 144 g/mol. The average Bonchev–Trinajstić information content (AvgIpc) is 2.10. The van der Waals surface area contributed by atoms with Crippen LogP contribution in [0.1, 0.15) is 47.0 Å². The third-order valence-electron chi connectivity index (χ3n) is 1.99. The van der Waals surface area contributed by atoms with E-state index < -0.39 is 0 Å². The van der Waals surface area contributed by atoms with Gasteiger partial charge in [0.15, 0.2) is 0 Å². The van der Waals surface area contributed by atoms with E-state index in [0.717, 1.165) is 6.42 Å². The molecule has 0 heteroatoms. The maximum Gasteiger partial charge on any atom is 0.0177 e. The van der Waals surface area contributed by atoms with Crippen molar-refractivity contribution >= 4 is 0 Å². The molecule has 0 nitrogen and oxygen atoms in total. The van der Waals surface area contributed by atoms with Gasteiger partial charge < -0.3 is 0 Å². The Bertz CT molecular complexity index is 188. The molecular formula is C12H20. The predicted molar refractivity (Wildman–Crippen MR) is 55.9 cm³/mol. The van der Waals surface area contributed by atoms with E-state index in [1.54, 1.807) is 0 Å². The Hall–Kier alpha value is -0.700. The standard InChI is InChI=1S/C12H20/c1-5-7-8-12(4)10-9-11(3)6-2/h6,12H,5,9-10H2,1-4H3. The smallest absolute Gasteiger partial charge is 0.0177 e. The molecule has 0 fully saturated rings. The van der Waals surface area contributed by atoms with Gasteiger partial charge in [0.1, 0.15) is 0 Å². The van der Waals surface area contributed by atoms with Crippen molar-refractivity contribution in [2.75, 3.05) is 0 Å². The van der Waals surface area contributed by atoms with Gasteiger partial charge in [0, 0.05) is 12.3 Å². The molecule has 0 N–H and O–H groups in total. The first-order valence-electron chi connectivity index (χ1n) is 4.80. The van der Waals surface area contributed by atoms with Crippen LogP contribution in [0.4, 0.5) is 0 Å². The van der Waals surface area contributed by atoms with E-state index in [1.165, 1.54) is 18.4 Å². The maximum atomic E-state index is 3.23. The van der Waals surface area contributed by atoms with Crippen LogP contribution in [0.15, 0.2) is 11.6 Å². The lowest BCUT2D eigenvalue weighted by Crippen LogP contribution is -1.90. The average molecular weight is 164 g/mol.